The fraction of sp³-hybridized carbons (Fsp3) is 0.923. The molecule has 18 heavy (non-hydrogen) atoms. The number of likely N-dealkylation sites (N-methyl/N-ethyl adjacent to an activating group) is 1. The van der Waals surface area contributed by atoms with Gasteiger partial charge in [-0.05, 0) is 20.4 Å². The first-order chi connectivity index (χ1) is 8.62. The third kappa shape index (κ3) is 4.23. The van der Waals surface area contributed by atoms with Gasteiger partial charge in [0.2, 0.25) is 5.91 Å². The minimum Gasteiger partial charge on any atom is -0.377 e. The molecule has 1 saturated heterocycles. The monoisotopic (exact) mass is 257 g/mol. The van der Waals surface area contributed by atoms with Crippen molar-refractivity contribution in [3.05, 3.63) is 0 Å². The molecule has 2 N–H and O–H groups in total. The molecule has 1 aliphatic rings. The Morgan fingerprint density at radius 1 is 1.44 bits per heavy atom. The van der Waals surface area contributed by atoms with Crippen LogP contribution in [0, 0.1) is 0 Å². The van der Waals surface area contributed by atoms with Crippen molar-refractivity contribution in [3.8, 4) is 0 Å². The van der Waals surface area contributed by atoms with Crippen molar-refractivity contribution in [1.82, 2.24) is 9.80 Å². The Morgan fingerprint density at radius 2 is 2.17 bits per heavy atom. The van der Waals surface area contributed by atoms with Gasteiger partial charge in [-0.2, -0.15) is 0 Å². The third-order valence-corrected chi connectivity index (χ3v) is 3.59. The maximum absolute atomic E-state index is 12.2. The summed E-state index contributed by atoms with van der Waals surface area (Å²) >= 11 is 0. The van der Waals surface area contributed by atoms with Crippen LogP contribution in [-0.2, 0) is 9.53 Å². The van der Waals surface area contributed by atoms with Gasteiger partial charge >= 0.3 is 0 Å². The van der Waals surface area contributed by atoms with E-state index in [1.165, 1.54) is 0 Å². The van der Waals surface area contributed by atoms with Crippen molar-refractivity contribution in [2.24, 2.45) is 5.73 Å². The van der Waals surface area contributed by atoms with E-state index in [0.29, 0.717) is 25.6 Å². The fourth-order valence-corrected chi connectivity index (χ4v) is 2.46. The minimum absolute atomic E-state index is 0.137. The van der Waals surface area contributed by atoms with E-state index in [-0.39, 0.29) is 12.0 Å². The van der Waals surface area contributed by atoms with Crippen LogP contribution in [0.15, 0.2) is 0 Å². The molecule has 1 heterocycles. The van der Waals surface area contributed by atoms with Gasteiger partial charge in [-0.15, -0.1) is 0 Å². The maximum Gasteiger partial charge on any atom is 0.225 e. The summed E-state index contributed by atoms with van der Waals surface area (Å²) in [5.74, 6) is 0.168. The maximum atomic E-state index is 12.2. The van der Waals surface area contributed by atoms with Crippen LogP contribution in [0.4, 0.5) is 0 Å². The van der Waals surface area contributed by atoms with Gasteiger partial charge in [0.1, 0.15) is 0 Å². The summed E-state index contributed by atoms with van der Waals surface area (Å²) in [6, 6.07) is 0.441. The second-order valence-corrected chi connectivity index (χ2v) is 4.83. The van der Waals surface area contributed by atoms with E-state index in [1.54, 1.807) is 0 Å². The number of hydrogen-bond donors (Lipinski definition) is 1. The molecule has 0 radical (unpaired) electrons. The molecule has 5 heteroatoms. The zero-order valence-electron chi connectivity index (χ0n) is 11.9. The quantitative estimate of drug-likeness (QED) is 0.743. The highest BCUT2D eigenvalue weighted by Crippen LogP contribution is 2.11. The van der Waals surface area contributed by atoms with E-state index in [4.69, 9.17) is 10.5 Å². The SMILES string of the molecule is CCOC(CN)CC(=O)N1CCN(CC)C(C)C1. The van der Waals surface area contributed by atoms with Gasteiger partial charge < -0.3 is 15.4 Å². The molecule has 0 aliphatic carbocycles. The average Bonchev–Trinajstić information content (AvgIpc) is 2.37. The Bertz CT molecular complexity index is 261. The van der Waals surface area contributed by atoms with Gasteiger partial charge in [0.05, 0.1) is 12.5 Å². The van der Waals surface area contributed by atoms with Crippen molar-refractivity contribution < 1.29 is 9.53 Å². The molecule has 5 nitrogen and oxygen atoms in total. The predicted octanol–water partition coefficient (Wildman–Crippen LogP) is 0.293. The smallest absolute Gasteiger partial charge is 0.225 e. The summed E-state index contributed by atoms with van der Waals surface area (Å²) in [4.78, 5) is 16.5. The zero-order valence-corrected chi connectivity index (χ0v) is 11.9. The Kier molecular flexibility index (Phi) is 6.60. The number of carbonyl (C=O) groups is 1. The summed E-state index contributed by atoms with van der Waals surface area (Å²) in [5, 5.41) is 0. The van der Waals surface area contributed by atoms with Gasteiger partial charge in [-0.3, -0.25) is 9.69 Å². The van der Waals surface area contributed by atoms with E-state index in [0.717, 1.165) is 26.2 Å². The average molecular weight is 257 g/mol. The van der Waals surface area contributed by atoms with Crippen molar-refractivity contribution in [1.29, 1.82) is 0 Å². The number of hydrogen-bond acceptors (Lipinski definition) is 4. The van der Waals surface area contributed by atoms with Gasteiger partial charge in [0.15, 0.2) is 0 Å². The molecule has 1 rings (SSSR count). The lowest BCUT2D eigenvalue weighted by molar-refractivity contribution is -0.136. The molecule has 0 aromatic heterocycles. The molecular weight excluding hydrogens is 230 g/mol. The summed E-state index contributed by atoms with van der Waals surface area (Å²) in [5.41, 5.74) is 5.60. The molecule has 0 bridgehead atoms. The second-order valence-electron chi connectivity index (χ2n) is 4.83. The molecule has 0 saturated carbocycles. The van der Waals surface area contributed by atoms with Crippen LogP contribution in [0.3, 0.4) is 0 Å². The van der Waals surface area contributed by atoms with Crippen LogP contribution < -0.4 is 5.73 Å². The van der Waals surface area contributed by atoms with Crippen molar-refractivity contribution in [3.63, 3.8) is 0 Å². The Hall–Kier alpha value is -0.650. The number of nitrogens with two attached hydrogens (primary N) is 1. The summed E-state index contributed by atoms with van der Waals surface area (Å²) in [6.45, 7) is 10.9. The molecule has 1 aliphatic heterocycles. The number of rotatable bonds is 6. The lowest BCUT2D eigenvalue weighted by atomic mass is 10.1. The number of amides is 1. The predicted molar refractivity (Wildman–Crippen MR) is 72.4 cm³/mol. The van der Waals surface area contributed by atoms with Gasteiger partial charge in [-0.1, -0.05) is 6.92 Å². The molecule has 106 valence electrons. The lowest BCUT2D eigenvalue weighted by Gasteiger charge is -2.39. The molecule has 2 atom stereocenters. The first-order valence-corrected chi connectivity index (χ1v) is 6.95. The highest BCUT2D eigenvalue weighted by molar-refractivity contribution is 5.76. The first-order valence-electron chi connectivity index (χ1n) is 6.95. The summed E-state index contributed by atoms with van der Waals surface area (Å²) in [6.07, 6.45) is 0.269. The zero-order chi connectivity index (χ0) is 13.5. The van der Waals surface area contributed by atoms with E-state index in [9.17, 15) is 4.79 Å². The Labute approximate surface area is 110 Å². The van der Waals surface area contributed by atoms with Crippen LogP contribution in [0.25, 0.3) is 0 Å². The van der Waals surface area contributed by atoms with Crippen LogP contribution in [-0.4, -0.2) is 67.2 Å². The lowest BCUT2D eigenvalue weighted by Crippen LogP contribution is -2.54. The summed E-state index contributed by atoms with van der Waals surface area (Å²) < 4.78 is 5.44. The molecule has 1 amide bonds. The van der Waals surface area contributed by atoms with Crippen LogP contribution >= 0.6 is 0 Å². The molecule has 2 unspecified atom stereocenters. The summed E-state index contributed by atoms with van der Waals surface area (Å²) in [7, 11) is 0. The minimum atomic E-state index is -0.137. The number of piperazine rings is 1. The molecule has 0 aromatic rings. The second kappa shape index (κ2) is 7.71. The highest BCUT2D eigenvalue weighted by Gasteiger charge is 2.26. The number of carbonyl (C=O) groups excluding carboxylic acids is 1. The van der Waals surface area contributed by atoms with Crippen LogP contribution in [0.5, 0.6) is 0 Å². The van der Waals surface area contributed by atoms with Gasteiger partial charge in [0.25, 0.3) is 0 Å². The molecular formula is C13H27N3O2. The molecule has 1 fully saturated rings. The Balaban J connectivity index is 2.43. The van der Waals surface area contributed by atoms with Crippen molar-refractivity contribution >= 4 is 5.91 Å². The third-order valence-electron chi connectivity index (χ3n) is 3.59. The van der Waals surface area contributed by atoms with Gasteiger partial charge in [0, 0.05) is 38.8 Å². The number of nitrogens with zero attached hydrogens (tertiary/aromatic N) is 2. The van der Waals surface area contributed by atoms with Crippen molar-refractivity contribution in [2.45, 2.75) is 39.3 Å². The number of ether oxygens (including phenoxy) is 1. The van der Waals surface area contributed by atoms with E-state index in [2.05, 4.69) is 18.7 Å². The topological polar surface area (TPSA) is 58.8 Å². The fourth-order valence-electron chi connectivity index (χ4n) is 2.46. The van der Waals surface area contributed by atoms with Crippen LogP contribution in [0.1, 0.15) is 27.2 Å². The van der Waals surface area contributed by atoms with Gasteiger partial charge in [-0.25, -0.2) is 0 Å². The molecule has 0 spiro atoms. The molecule has 0 aromatic carbocycles. The first kappa shape index (κ1) is 15.4. The van der Waals surface area contributed by atoms with E-state index < -0.39 is 0 Å². The normalized spacial score (nSPS) is 23.1. The van der Waals surface area contributed by atoms with Crippen LogP contribution in [0.2, 0.25) is 0 Å². The highest BCUT2D eigenvalue weighted by atomic mass is 16.5. The largest absolute Gasteiger partial charge is 0.377 e. The van der Waals surface area contributed by atoms with Crippen molar-refractivity contribution in [2.75, 3.05) is 39.3 Å². The van der Waals surface area contributed by atoms with E-state index >= 15 is 0 Å². The Morgan fingerprint density at radius 3 is 2.67 bits per heavy atom. The standard InChI is InChI=1S/C13H27N3O2/c1-4-15-6-7-16(10-11(15)3)13(17)8-12(9-14)18-5-2/h11-12H,4-10,14H2,1-3H3. The van der Waals surface area contributed by atoms with E-state index in [1.807, 2.05) is 11.8 Å².